The van der Waals surface area contributed by atoms with Gasteiger partial charge in [-0.2, -0.15) is 0 Å². The van der Waals surface area contributed by atoms with E-state index in [-0.39, 0.29) is 11.9 Å². The molecule has 0 spiro atoms. The van der Waals surface area contributed by atoms with Gasteiger partial charge in [0.2, 0.25) is 0 Å². The van der Waals surface area contributed by atoms with E-state index in [1.807, 2.05) is 18.7 Å². The van der Waals surface area contributed by atoms with Crippen LogP contribution in [0.4, 0.5) is 0 Å². The predicted octanol–water partition coefficient (Wildman–Crippen LogP) is 1.65. The Morgan fingerprint density at radius 3 is 3.06 bits per heavy atom. The highest BCUT2D eigenvalue weighted by atomic mass is 32.1. The minimum absolute atomic E-state index is 0.112. The highest BCUT2D eigenvalue weighted by Crippen LogP contribution is 2.22. The van der Waals surface area contributed by atoms with Crippen molar-refractivity contribution in [2.45, 2.75) is 32.7 Å². The molecule has 94 valence electrons. The van der Waals surface area contributed by atoms with E-state index < -0.39 is 0 Å². The fourth-order valence-electron chi connectivity index (χ4n) is 2.24. The fraction of sp³-hybridized carbons (Fsp3) is 0.667. The van der Waals surface area contributed by atoms with Crippen molar-refractivity contribution in [2.75, 3.05) is 13.1 Å². The van der Waals surface area contributed by atoms with Gasteiger partial charge in [-0.05, 0) is 32.6 Å². The average Bonchev–Trinajstić information content (AvgIpc) is 2.75. The molecule has 17 heavy (non-hydrogen) atoms. The highest BCUT2D eigenvalue weighted by Gasteiger charge is 2.27. The molecule has 0 aliphatic carbocycles. The second kappa shape index (κ2) is 5.14. The largest absolute Gasteiger partial charge is 0.338 e. The summed E-state index contributed by atoms with van der Waals surface area (Å²) >= 11 is 1.47. The van der Waals surface area contributed by atoms with E-state index in [1.54, 1.807) is 6.20 Å². The van der Waals surface area contributed by atoms with Crippen molar-refractivity contribution in [2.24, 2.45) is 11.7 Å². The number of hydrogen-bond donors (Lipinski definition) is 1. The summed E-state index contributed by atoms with van der Waals surface area (Å²) < 4.78 is 0. The molecule has 1 amide bonds. The van der Waals surface area contributed by atoms with Crippen LogP contribution >= 0.6 is 11.3 Å². The fourth-order valence-corrected chi connectivity index (χ4v) is 2.99. The van der Waals surface area contributed by atoms with E-state index in [0.717, 1.165) is 35.8 Å². The molecule has 2 N–H and O–H groups in total. The molecule has 0 unspecified atom stereocenters. The van der Waals surface area contributed by atoms with Crippen molar-refractivity contribution in [3.05, 3.63) is 16.1 Å². The van der Waals surface area contributed by atoms with Gasteiger partial charge in [0.15, 0.2) is 0 Å². The van der Waals surface area contributed by atoms with Crippen molar-refractivity contribution in [3.8, 4) is 0 Å². The van der Waals surface area contributed by atoms with Crippen molar-refractivity contribution in [1.82, 2.24) is 9.88 Å². The van der Waals surface area contributed by atoms with Gasteiger partial charge in [-0.1, -0.05) is 0 Å². The summed E-state index contributed by atoms with van der Waals surface area (Å²) in [5, 5.41) is 0.939. The Hall–Kier alpha value is -0.940. The molecule has 0 bridgehead atoms. The van der Waals surface area contributed by atoms with Crippen LogP contribution in [0.3, 0.4) is 0 Å². The lowest BCUT2D eigenvalue weighted by Gasteiger charge is -2.34. The van der Waals surface area contributed by atoms with E-state index in [4.69, 9.17) is 5.73 Å². The van der Waals surface area contributed by atoms with Crippen LogP contribution in [0.5, 0.6) is 0 Å². The standard InChI is InChI=1S/C12H19N3OS/c1-8(13)10-4-3-5-15(7-10)12(16)11-6-14-9(2)17-11/h6,8,10H,3-5,7,13H2,1-2H3/t8-,10+/m1/s1. The number of likely N-dealkylation sites (tertiary alicyclic amines) is 1. The Bertz CT molecular complexity index is 402. The number of hydrogen-bond acceptors (Lipinski definition) is 4. The van der Waals surface area contributed by atoms with E-state index >= 15 is 0 Å². The summed E-state index contributed by atoms with van der Waals surface area (Å²) in [5.41, 5.74) is 5.92. The molecule has 4 nitrogen and oxygen atoms in total. The summed E-state index contributed by atoms with van der Waals surface area (Å²) in [7, 11) is 0. The Labute approximate surface area is 106 Å². The smallest absolute Gasteiger partial charge is 0.265 e. The summed E-state index contributed by atoms with van der Waals surface area (Å²) in [6.45, 7) is 5.57. The van der Waals surface area contributed by atoms with Crippen molar-refractivity contribution < 1.29 is 4.79 Å². The molecule has 2 rings (SSSR count). The molecule has 2 atom stereocenters. The third-order valence-corrected chi connectivity index (χ3v) is 4.22. The zero-order valence-electron chi connectivity index (χ0n) is 10.3. The minimum Gasteiger partial charge on any atom is -0.338 e. The molecular formula is C12H19N3OS. The van der Waals surface area contributed by atoms with Gasteiger partial charge in [-0.15, -0.1) is 11.3 Å². The maximum Gasteiger partial charge on any atom is 0.265 e. The molecule has 2 heterocycles. The normalized spacial score (nSPS) is 22.5. The zero-order valence-corrected chi connectivity index (χ0v) is 11.2. The lowest BCUT2D eigenvalue weighted by molar-refractivity contribution is 0.0665. The first-order chi connectivity index (χ1) is 8.08. The first kappa shape index (κ1) is 12.5. The molecule has 0 aromatic carbocycles. The lowest BCUT2D eigenvalue weighted by atomic mass is 9.92. The number of aromatic nitrogens is 1. The van der Waals surface area contributed by atoms with Gasteiger partial charge in [0.05, 0.1) is 11.2 Å². The van der Waals surface area contributed by atoms with E-state index in [0.29, 0.717) is 5.92 Å². The van der Waals surface area contributed by atoms with Crippen LogP contribution in [0, 0.1) is 12.8 Å². The molecule has 0 saturated carbocycles. The van der Waals surface area contributed by atoms with E-state index in [2.05, 4.69) is 4.98 Å². The molecule has 5 heteroatoms. The molecule has 1 aliphatic heterocycles. The molecule has 0 radical (unpaired) electrons. The van der Waals surface area contributed by atoms with Gasteiger partial charge >= 0.3 is 0 Å². The van der Waals surface area contributed by atoms with Crippen molar-refractivity contribution in [1.29, 1.82) is 0 Å². The second-order valence-corrected chi connectivity index (χ2v) is 5.99. The Kier molecular flexibility index (Phi) is 3.79. The van der Waals surface area contributed by atoms with Crippen LogP contribution in [0.25, 0.3) is 0 Å². The number of amides is 1. The summed E-state index contributed by atoms with van der Waals surface area (Å²) in [6.07, 6.45) is 3.86. The lowest BCUT2D eigenvalue weighted by Crippen LogP contribution is -2.44. The molecular weight excluding hydrogens is 234 g/mol. The maximum atomic E-state index is 12.2. The topological polar surface area (TPSA) is 59.2 Å². The quantitative estimate of drug-likeness (QED) is 0.872. The summed E-state index contributed by atoms with van der Waals surface area (Å²) in [5.74, 6) is 0.544. The first-order valence-electron chi connectivity index (χ1n) is 6.05. The van der Waals surface area contributed by atoms with Crippen molar-refractivity contribution in [3.63, 3.8) is 0 Å². The molecule has 1 aliphatic rings. The number of carbonyl (C=O) groups excluding carboxylic acids is 1. The average molecular weight is 253 g/mol. The maximum absolute atomic E-state index is 12.2. The van der Waals surface area contributed by atoms with Crippen LogP contribution in [-0.2, 0) is 0 Å². The Balaban J connectivity index is 2.04. The molecule has 1 aromatic rings. The van der Waals surface area contributed by atoms with Crippen LogP contribution in [0.15, 0.2) is 6.20 Å². The molecule has 1 saturated heterocycles. The first-order valence-corrected chi connectivity index (χ1v) is 6.87. The van der Waals surface area contributed by atoms with Gasteiger partial charge in [0.25, 0.3) is 5.91 Å². The summed E-state index contributed by atoms with van der Waals surface area (Å²) in [6, 6.07) is 0.161. The van der Waals surface area contributed by atoms with Crippen LogP contribution in [0.1, 0.15) is 34.4 Å². The number of carbonyl (C=O) groups is 1. The Morgan fingerprint density at radius 1 is 1.71 bits per heavy atom. The van der Waals surface area contributed by atoms with Gasteiger partial charge in [-0.25, -0.2) is 4.98 Å². The van der Waals surface area contributed by atoms with Gasteiger partial charge < -0.3 is 10.6 Å². The number of rotatable bonds is 2. The predicted molar refractivity (Wildman–Crippen MR) is 69.1 cm³/mol. The van der Waals surface area contributed by atoms with Crippen LogP contribution < -0.4 is 5.73 Å². The third-order valence-electron chi connectivity index (χ3n) is 3.32. The molecule has 1 fully saturated rings. The molecule has 1 aromatic heterocycles. The SMILES string of the molecule is Cc1ncc(C(=O)N2CCC[C@H]([C@@H](C)N)C2)s1. The zero-order chi connectivity index (χ0) is 12.4. The van der Waals surface area contributed by atoms with Gasteiger partial charge in [0.1, 0.15) is 4.88 Å². The third kappa shape index (κ3) is 2.84. The highest BCUT2D eigenvalue weighted by molar-refractivity contribution is 7.13. The number of piperidine rings is 1. The van der Waals surface area contributed by atoms with Gasteiger partial charge in [0, 0.05) is 19.1 Å². The van der Waals surface area contributed by atoms with Crippen molar-refractivity contribution >= 4 is 17.2 Å². The number of nitrogens with two attached hydrogens (primary N) is 1. The Morgan fingerprint density at radius 2 is 2.47 bits per heavy atom. The monoisotopic (exact) mass is 253 g/mol. The number of thiazole rings is 1. The number of nitrogens with zero attached hydrogens (tertiary/aromatic N) is 2. The second-order valence-electron chi connectivity index (χ2n) is 4.76. The minimum atomic E-state index is 0.112. The summed E-state index contributed by atoms with van der Waals surface area (Å²) in [4.78, 5) is 19.0. The van der Waals surface area contributed by atoms with E-state index in [9.17, 15) is 4.79 Å². The van der Waals surface area contributed by atoms with E-state index in [1.165, 1.54) is 11.3 Å². The number of aryl methyl sites for hydroxylation is 1. The van der Waals surface area contributed by atoms with Crippen LogP contribution in [-0.4, -0.2) is 34.9 Å². The van der Waals surface area contributed by atoms with Gasteiger partial charge in [-0.3, -0.25) is 4.79 Å². The van der Waals surface area contributed by atoms with Crippen LogP contribution in [0.2, 0.25) is 0 Å².